The largest absolute Gasteiger partial charge is 0.456 e. The summed E-state index contributed by atoms with van der Waals surface area (Å²) in [6.45, 7) is 0. The number of hydrogen-bond acceptors (Lipinski definition) is 8. The Morgan fingerprint density at radius 1 is 1.00 bits per heavy atom. The van der Waals surface area contributed by atoms with E-state index in [2.05, 4.69) is 20.6 Å². The molecule has 0 aliphatic rings. The number of nitrogens with one attached hydrogen (secondary N) is 2. The monoisotopic (exact) mass is 511 g/mol. The summed E-state index contributed by atoms with van der Waals surface area (Å²) in [5, 5.41) is 16.8. The number of carbonyl (C=O) groups is 1. The Bertz CT molecular complexity index is 1620. The van der Waals surface area contributed by atoms with Gasteiger partial charge in [-0.2, -0.15) is 4.98 Å². The first kappa shape index (κ1) is 23.6. The van der Waals surface area contributed by atoms with E-state index in [0.29, 0.717) is 39.9 Å². The fourth-order valence-electron chi connectivity index (χ4n) is 3.49. The maximum Gasteiger partial charge on any atom is 0.280 e. The molecule has 2 N–H and O–H groups in total. The second kappa shape index (κ2) is 10.2. The van der Waals surface area contributed by atoms with E-state index in [9.17, 15) is 14.9 Å². The molecular formula is C26H17N5O5S. The lowest BCUT2D eigenvalue weighted by molar-refractivity contribution is -0.384. The van der Waals surface area contributed by atoms with Crippen molar-refractivity contribution in [2.24, 2.45) is 0 Å². The van der Waals surface area contributed by atoms with Crippen LogP contribution in [0.1, 0.15) is 5.76 Å². The molecule has 0 saturated heterocycles. The third kappa shape index (κ3) is 5.41. The van der Waals surface area contributed by atoms with Crippen molar-refractivity contribution in [2.45, 2.75) is 0 Å². The third-order valence-electron chi connectivity index (χ3n) is 5.18. The lowest BCUT2D eigenvalue weighted by atomic mass is 10.1. The second-order valence-corrected chi connectivity index (χ2v) is 8.08. The molecule has 3 aromatic heterocycles. The highest BCUT2D eigenvalue weighted by molar-refractivity contribution is 7.80. The summed E-state index contributed by atoms with van der Waals surface area (Å²) in [4.78, 5) is 31.6. The van der Waals surface area contributed by atoms with E-state index < -0.39 is 10.8 Å². The second-order valence-electron chi connectivity index (χ2n) is 7.67. The van der Waals surface area contributed by atoms with Crippen LogP contribution in [0, 0.1) is 10.1 Å². The Hall–Kier alpha value is -5.16. The van der Waals surface area contributed by atoms with Crippen LogP contribution >= 0.6 is 12.2 Å². The van der Waals surface area contributed by atoms with E-state index in [1.165, 1.54) is 18.2 Å². The number of nitro benzene ring substituents is 1. The number of carbonyl (C=O) groups excluding carboxylic acids is 1. The standard InChI is InChI=1S/C26H17N5O5S/c32-23(14-12-18-11-13-21(35-18)19-4-1-2-5-20(19)31(33)34)29-26(37)28-17-9-7-16(8-10-17)25-30-24-22(36-25)6-3-15-27-24/h1-15H,(H2,28,29,32,37). The van der Waals surface area contributed by atoms with Crippen LogP contribution in [0.3, 0.4) is 0 Å². The van der Waals surface area contributed by atoms with Crippen LogP contribution < -0.4 is 10.6 Å². The molecular weight excluding hydrogens is 494 g/mol. The van der Waals surface area contributed by atoms with Gasteiger partial charge in [0.25, 0.3) is 5.69 Å². The van der Waals surface area contributed by atoms with Gasteiger partial charge in [-0.15, -0.1) is 0 Å². The maximum absolute atomic E-state index is 12.3. The molecule has 0 aliphatic heterocycles. The number of nitro groups is 1. The lowest BCUT2D eigenvalue weighted by Crippen LogP contribution is -2.32. The molecule has 5 aromatic rings. The van der Waals surface area contributed by atoms with Gasteiger partial charge < -0.3 is 14.2 Å². The molecule has 0 spiro atoms. The highest BCUT2D eigenvalue weighted by atomic mass is 32.1. The number of nitrogens with zero attached hydrogens (tertiary/aromatic N) is 3. The molecule has 182 valence electrons. The van der Waals surface area contributed by atoms with E-state index in [1.54, 1.807) is 60.8 Å². The minimum atomic E-state index is -0.477. The number of anilines is 1. The molecule has 0 fully saturated rings. The fraction of sp³-hybridized carbons (Fsp3) is 0. The summed E-state index contributed by atoms with van der Waals surface area (Å²) in [7, 11) is 0. The normalized spacial score (nSPS) is 11.0. The molecule has 37 heavy (non-hydrogen) atoms. The van der Waals surface area contributed by atoms with Gasteiger partial charge in [-0.3, -0.25) is 20.2 Å². The molecule has 5 rings (SSSR count). The minimum Gasteiger partial charge on any atom is -0.456 e. The number of amides is 1. The summed E-state index contributed by atoms with van der Waals surface area (Å²) < 4.78 is 11.4. The van der Waals surface area contributed by atoms with Crippen molar-refractivity contribution in [3.05, 3.63) is 101 Å². The average molecular weight is 512 g/mol. The van der Waals surface area contributed by atoms with Crippen LogP contribution in [0.4, 0.5) is 11.4 Å². The van der Waals surface area contributed by atoms with Gasteiger partial charge in [0.05, 0.1) is 10.5 Å². The molecule has 0 aliphatic carbocycles. The van der Waals surface area contributed by atoms with Gasteiger partial charge in [0.1, 0.15) is 11.5 Å². The average Bonchev–Trinajstić information content (AvgIpc) is 3.55. The van der Waals surface area contributed by atoms with Crippen LogP contribution in [0.5, 0.6) is 0 Å². The van der Waals surface area contributed by atoms with Gasteiger partial charge in [0.2, 0.25) is 11.8 Å². The van der Waals surface area contributed by atoms with Gasteiger partial charge in [0.15, 0.2) is 16.3 Å². The number of fused-ring (bicyclic) bond motifs is 1. The first-order valence-electron chi connectivity index (χ1n) is 10.9. The molecule has 0 unspecified atom stereocenters. The summed E-state index contributed by atoms with van der Waals surface area (Å²) in [6.07, 6.45) is 4.34. The van der Waals surface area contributed by atoms with Crippen molar-refractivity contribution in [1.29, 1.82) is 0 Å². The van der Waals surface area contributed by atoms with Gasteiger partial charge >= 0.3 is 0 Å². The zero-order valence-corrected chi connectivity index (χ0v) is 19.8. The number of aromatic nitrogens is 2. The number of furan rings is 1. The van der Waals surface area contributed by atoms with Crippen LogP contribution in [-0.4, -0.2) is 25.9 Å². The zero-order valence-electron chi connectivity index (χ0n) is 19.0. The Kier molecular flexibility index (Phi) is 6.51. The highest BCUT2D eigenvalue weighted by Crippen LogP contribution is 2.31. The maximum atomic E-state index is 12.3. The number of oxazole rings is 1. The van der Waals surface area contributed by atoms with E-state index >= 15 is 0 Å². The molecule has 0 atom stereocenters. The quantitative estimate of drug-likeness (QED) is 0.129. The first-order valence-corrected chi connectivity index (χ1v) is 11.3. The molecule has 10 nitrogen and oxygen atoms in total. The number of thiocarbonyl (C=S) groups is 1. The Morgan fingerprint density at radius 2 is 1.81 bits per heavy atom. The summed E-state index contributed by atoms with van der Waals surface area (Å²) in [6, 6.07) is 20.2. The van der Waals surface area contributed by atoms with Crippen molar-refractivity contribution in [3.8, 4) is 22.8 Å². The summed E-state index contributed by atoms with van der Waals surface area (Å²) >= 11 is 5.22. The molecule has 0 saturated carbocycles. The van der Waals surface area contributed by atoms with Crippen LogP contribution in [0.2, 0.25) is 0 Å². The number of para-hydroxylation sites is 1. The molecule has 2 aromatic carbocycles. The van der Waals surface area contributed by atoms with Crippen molar-refractivity contribution in [2.75, 3.05) is 5.32 Å². The summed E-state index contributed by atoms with van der Waals surface area (Å²) in [5.74, 6) is 0.648. The zero-order chi connectivity index (χ0) is 25.8. The Balaban J connectivity index is 1.18. The number of rotatable bonds is 6. The van der Waals surface area contributed by atoms with Gasteiger partial charge in [-0.1, -0.05) is 12.1 Å². The predicted octanol–water partition coefficient (Wildman–Crippen LogP) is 5.58. The predicted molar refractivity (Wildman–Crippen MR) is 141 cm³/mol. The van der Waals surface area contributed by atoms with E-state index in [0.717, 1.165) is 5.56 Å². The van der Waals surface area contributed by atoms with Crippen LogP contribution in [0.25, 0.3) is 40.1 Å². The molecule has 11 heteroatoms. The molecule has 3 heterocycles. The van der Waals surface area contributed by atoms with Crippen LogP contribution in [0.15, 0.2) is 93.9 Å². The van der Waals surface area contributed by atoms with Gasteiger partial charge in [-0.05, 0) is 72.9 Å². The molecule has 0 radical (unpaired) electrons. The van der Waals surface area contributed by atoms with E-state index in [-0.39, 0.29) is 10.8 Å². The first-order chi connectivity index (χ1) is 18.0. The van der Waals surface area contributed by atoms with Crippen molar-refractivity contribution < 1.29 is 18.6 Å². The van der Waals surface area contributed by atoms with Gasteiger partial charge in [0, 0.05) is 29.6 Å². The van der Waals surface area contributed by atoms with E-state index in [1.807, 2.05) is 12.1 Å². The van der Waals surface area contributed by atoms with Crippen molar-refractivity contribution >= 4 is 51.9 Å². The van der Waals surface area contributed by atoms with Crippen LogP contribution in [-0.2, 0) is 4.79 Å². The summed E-state index contributed by atoms with van der Waals surface area (Å²) in [5.41, 5.74) is 2.83. The minimum absolute atomic E-state index is 0.0690. The number of pyridine rings is 1. The lowest BCUT2D eigenvalue weighted by Gasteiger charge is -2.08. The number of hydrogen-bond donors (Lipinski definition) is 2. The van der Waals surface area contributed by atoms with Crippen molar-refractivity contribution in [1.82, 2.24) is 15.3 Å². The highest BCUT2D eigenvalue weighted by Gasteiger charge is 2.17. The van der Waals surface area contributed by atoms with E-state index in [4.69, 9.17) is 21.1 Å². The Morgan fingerprint density at radius 3 is 2.59 bits per heavy atom. The van der Waals surface area contributed by atoms with Crippen molar-refractivity contribution in [3.63, 3.8) is 0 Å². The fourth-order valence-corrected chi connectivity index (χ4v) is 3.71. The topological polar surface area (TPSA) is 136 Å². The number of benzene rings is 2. The SMILES string of the molecule is O=C(C=Cc1ccc(-c2ccccc2[N+](=O)[O-])o1)NC(=S)Nc1ccc(-c2nc3ncccc3o2)cc1. The third-order valence-corrected chi connectivity index (χ3v) is 5.39. The van der Waals surface area contributed by atoms with Gasteiger partial charge in [-0.25, -0.2) is 4.98 Å². The molecule has 0 bridgehead atoms. The Labute approximate surface area is 214 Å². The molecule has 1 amide bonds. The smallest absolute Gasteiger partial charge is 0.280 e.